The summed E-state index contributed by atoms with van der Waals surface area (Å²) in [7, 11) is 0. The molecular weight excluding hydrogens is 707 g/mol. The van der Waals surface area contributed by atoms with E-state index in [2.05, 4.69) is 202 Å². The molecule has 1 aliphatic carbocycles. The van der Waals surface area contributed by atoms with Gasteiger partial charge in [0.15, 0.2) is 0 Å². The SMILES string of the molecule is C=C1c2ccc(-c3ccc4c(c3)c3c5c(ccc3n4C3C=CC=CC3)oc3ccccc35)cc2N(c2ccccc2)/C=C\c2c1c1ccccc1n2-c1ccccc1. The van der Waals surface area contributed by atoms with E-state index in [0.717, 1.165) is 79.1 Å². The predicted octanol–water partition coefficient (Wildman–Crippen LogP) is 14.5. The Bertz CT molecular complexity index is 3390. The van der Waals surface area contributed by atoms with Crippen molar-refractivity contribution in [3.8, 4) is 16.8 Å². The summed E-state index contributed by atoms with van der Waals surface area (Å²) >= 11 is 0. The van der Waals surface area contributed by atoms with Crippen LogP contribution in [0.2, 0.25) is 0 Å². The Morgan fingerprint density at radius 2 is 1.29 bits per heavy atom. The second-order valence-corrected chi connectivity index (χ2v) is 15.3. The van der Waals surface area contributed by atoms with Crippen molar-refractivity contribution in [3.63, 3.8) is 0 Å². The molecule has 12 rings (SSSR count). The van der Waals surface area contributed by atoms with Crippen LogP contribution in [0.4, 0.5) is 11.4 Å². The molecule has 0 N–H and O–H groups in total. The first-order valence-electron chi connectivity index (χ1n) is 20.0. The molecule has 10 aromatic rings. The third-order valence-corrected chi connectivity index (χ3v) is 12.2. The molecule has 274 valence electrons. The second kappa shape index (κ2) is 12.7. The van der Waals surface area contributed by atoms with Gasteiger partial charge in [0, 0.05) is 61.1 Å². The molecule has 0 spiro atoms. The van der Waals surface area contributed by atoms with Gasteiger partial charge < -0.3 is 18.5 Å². The molecule has 1 unspecified atom stereocenters. The van der Waals surface area contributed by atoms with Gasteiger partial charge in [0.2, 0.25) is 0 Å². The Morgan fingerprint density at radius 1 is 0.569 bits per heavy atom. The van der Waals surface area contributed by atoms with E-state index >= 15 is 0 Å². The summed E-state index contributed by atoms with van der Waals surface area (Å²) in [6.07, 6.45) is 14.3. The quantitative estimate of drug-likeness (QED) is 0.179. The lowest BCUT2D eigenvalue weighted by molar-refractivity contribution is 0.647. The highest BCUT2D eigenvalue weighted by atomic mass is 16.3. The molecule has 0 bridgehead atoms. The average molecular weight is 744 g/mol. The molecule has 4 nitrogen and oxygen atoms in total. The first-order chi connectivity index (χ1) is 28.7. The fourth-order valence-electron chi connectivity index (χ4n) is 9.58. The lowest BCUT2D eigenvalue weighted by Gasteiger charge is -2.27. The normalized spacial score (nSPS) is 15.7. The number of benzene rings is 7. The number of fused-ring (bicyclic) bond motifs is 11. The van der Waals surface area contributed by atoms with Crippen LogP contribution < -0.4 is 4.90 Å². The van der Waals surface area contributed by atoms with Gasteiger partial charge in [-0.1, -0.05) is 122 Å². The fraction of sp³-hybridized carbons (Fsp3) is 0.0370. The minimum atomic E-state index is 0.220. The molecule has 4 heterocycles. The number of para-hydroxylation sites is 4. The van der Waals surface area contributed by atoms with Gasteiger partial charge in [-0.15, -0.1) is 0 Å². The van der Waals surface area contributed by atoms with E-state index in [1.807, 2.05) is 6.07 Å². The van der Waals surface area contributed by atoms with Crippen LogP contribution in [0, 0.1) is 0 Å². The molecular formula is C54H37N3O. The van der Waals surface area contributed by atoms with Crippen LogP contribution in [0.15, 0.2) is 199 Å². The standard InChI is InChI=1S/C54H37N3O/c1-35-41-27-25-37(34-49(41)55(38-15-5-2-6-16-38)32-31-48-52(35)42-21-11-13-23-45(42)56(48)39-17-7-3-8-18-39)36-26-28-46-44(33-36)53-47(57(46)40-19-9-4-10-20-40)29-30-51-54(53)43-22-12-14-24-50(43)58-51/h2-19,21-34,40H,1,20H2/b32-31-. The van der Waals surface area contributed by atoms with Gasteiger partial charge in [-0.3, -0.25) is 0 Å². The number of rotatable bonds is 4. The number of hydrogen-bond acceptors (Lipinski definition) is 2. The summed E-state index contributed by atoms with van der Waals surface area (Å²) in [6, 6.07) is 56.9. The minimum Gasteiger partial charge on any atom is -0.456 e. The van der Waals surface area contributed by atoms with Gasteiger partial charge in [-0.2, -0.15) is 0 Å². The van der Waals surface area contributed by atoms with E-state index in [1.54, 1.807) is 0 Å². The van der Waals surface area contributed by atoms with E-state index in [0.29, 0.717) is 0 Å². The second-order valence-electron chi connectivity index (χ2n) is 15.3. The number of hydrogen-bond donors (Lipinski definition) is 0. The highest BCUT2D eigenvalue weighted by molar-refractivity contribution is 6.27. The number of nitrogens with zero attached hydrogens (tertiary/aromatic N) is 3. The molecule has 0 saturated heterocycles. The van der Waals surface area contributed by atoms with Crippen molar-refractivity contribution in [1.29, 1.82) is 0 Å². The zero-order valence-corrected chi connectivity index (χ0v) is 31.7. The number of aromatic nitrogens is 2. The lowest BCUT2D eigenvalue weighted by Crippen LogP contribution is -2.13. The monoisotopic (exact) mass is 743 g/mol. The van der Waals surface area contributed by atoms with Crippen molar-refractivity contribution < 1.29 is 4.42 Å². The minimum absolute atomic E-state index is 0.220. The van der Waals surface area contributed by atoms with Crippen LogP contribution in [0.5, 0.6) is 0 Å². The van der Waals surface area contributed by atoms with Crippen LogP contribution in [-0.2, 0) is 0 Å². The molecule has 7 aromatic carbocycles. The van der Waals surface area contributed by atoms with Crippen LogP contribution in [-0.4, -0.2) is 9.13 Å². The molecule has 1 atom stereocenters. The van der Waals surface area contributed by atoms with Crippen molar-refractivity contribution >= 4 is 77.7 Å². The number of furan rings is 1. The highest BCUT2D eigenvalue weighted by Crippen LogP contribution is 2.47. The van der Waals surface area contributed by atoms with E-state index in [-0.39, 0.29) is 6.04 Å². The maximum atomic E-state index is 6.45. The van der Waals surface area contributed by atoms with Crippen LogP contribution >= 0.6 is 0 Å². The topological polar surface area (TPSA) is 26.2 Å². The largest absolute Gasteiger partial charge is 0.456 e. The van der Waals surface area contributed by atoms with Crippen LogP contribution in [0.25, 0.3) is 83.1 Å². The molecule has 2 aliphatic rings. The molecule has 4 heteroatoms. The zero-order chi connectivity index (χ0) is 38.3. The smallest absolute Gasteiger partial charge is 0.136 e. The molecule has 3 aromatic heterocycles. The summed E-state index contributed by atoms with van der Waals surface area (Å²) < 4.78 is 11.3. The van der Waals surface area contributed by atoms with E-state index in [9.17, 15) is 0 Å². The molecule has 0 saturated carbocycles. The van der Waals surface area contributed by atoms with Gasteiger partial charge in [0.25, 0.3) is 0 Å². The maximum absolute atomic E-state index is 6.45. The molecule has 58 heavy (non-hydrogen) atoms. The van der Waals surface area contributed by atoms with Gasteiger partial charge in [-0.05, 0) is 95.9 Å². The van der Waals surface area contributed by atoms with Crippen molar-refractivity contribution in [1.82, 2.24) is 9.13 Å². The summed E-state index contributed by atoms with van der Waals surface area (Å²) in [5.41, 5.74) is 15.3. The first-order valence-corrected chi connectivity index (χ1v) is 20.0. The van der Waals surface area contributed by atoms with Crippen molar-refractivity contribution in [2.24, 2.45) is 0 Å². The third-order valence-electron chi connectivity index (χ3n) is 12.2. The van der Waals surface area contributed by atoms with Crippen molar-refractivity contribution in [3.05, 3.63) is 212 Å². The summed E-state index contributed by atoms with van der Waals surface area (Å²) in [6.45, 7) is 4.86. The van der Waals surface area contributed by atoms with Gasteiger partial charge >= 0.3 is 0 Å². The van der Waals surface area contributed by atoms with E-state index in [4.69, 9.17) is 11.0 Å². The highest BCUT2D eigenvalue weighted by Gasteiger charge is 2.26. The Morgan fingerprint density at radius 3 is 2.12 bits per heavy atom. The number of allylic oxidation sites excluding steroid dienone is 4. The van der Waals surface area contributed by atoms with Crippen molar-refractivity contribution in [2.75, 3.05) is 4.90 Å². The Labute approximate surface area is 335 Å². The summed E-state index contributed by atoms with van der Waals surface area (Å²) in [5.74, 6) is 0. The summed E-state index contributed by atoms with van der Waals surface area (Å²) in [5, 5.41) is 5.96. The van der Waals surface area contributed by atoms with Crippen LogP contribution in [0.1, 0.15) is 29.3 Å². The molecule has 0 amide bonds. The Hall–Kier alpha value is -7.56. The van der Waals surface area contributed by atoms with E-state index < -0.39 is 0 Å². The predicted molar refractivity (Wildman–Crippen MR) is 243 cm³/mol. The Kier molecular flexibility index (Phi) is 7.17. The third kappa shape index (κ3) is 4.82. The molecule has 0 radical (unpaired) electrons. The molecule has 1 aliphatic heterocycles. The fourth-order valence-corrected chi connectivity index (χ4v) is 9.58. The zero-order valence-electron chi connectivity index (χ0n) is 31.7. The van der Waals surface area contributed by atoms with Gasteiger partial charge in [0.1, 0.15) is 11.2 Å². The molecule has 0 fully saturated rings. The van der Waals surface area contributed by atoms with Crippen molar-refractivity contribution in [2.45, 2.75) is 12.5 Å². The van der Waals surface area contributed by atoms with Gasteiger partial charge in [0.05, 0.1) is 28.5 Å². The summed E-state index contributed by atoms with van der Waals surface area (Å²) in [4.78, 5) is 2.31. The van der Waals surface area contributed by atoms with Gasteiger partial charge in [-0.25, -0.2) is 0 Å². The Balaban J connectivity index is 1.09. The number of anilines is 2. The average Bonchev–Trinajstić information content (AvgIpc) is 3.94. The van der Waals surface area contributed by atoms with Crippen LogP contribution in [0.3, 0.4) is 0 Å². The maximum Gasteiger partial charge on any atom is 0.136 e. The first kappa shape index (κ1) is 32.7. The lowest BCUT2D eigenvalue weighted by atomic mass is 9.91. The van der Waals surface area contributed by atoms with E-state index in [1.165, 1.54) is 32.6 Å².